The lowest BCUT2D eigenvalue weighted by molar-refractivity contribution is 0.152. The molecule has 2 N–H and O–H groups in total. The Hall–Kier alpha value is -4.57. The number of pyridine rings is 1. The number of anilines is 1. The molecule has 0 aliphatic carbocycles. The van der Waals surface area contributed by atoms with Gasteiger partial charge in [0.05, 0.1) is 30.9 Å². The van der Waals surface area contributed by atoms with Crippen molar-refractivity contribution in [3.63, 3.8) is 0 Å². The zero-order chi connectivity index (χ0) is 24.6. The summed E-state index contributed by atoms with van der Waals surface area (Å²) in [5.74, 6) is 0.754. The number of nitrogens with one attached hydrogen (secondary N) is 2. The van der Waals surface area contributed by atoms with E-state index in [2.05, 4.69) is 16.7 Å². The van der Waals surface area contributed by atoms with Crippen molar-refractivity contribution in [2.75, 3.05) is 32.1 Å². The predicted octanol–water partition coefficient (Wildman–Crippen LogP) is 5.61. The summed E-state index contributed by atoms with van der Waals surface area (Å²) < 4.78 is 10.7. The Morgan fingerprint density at radius 1 is 0.971 bits per heavy atom. The fourth-order valence-electron chi connectivity index (χ4n) is 3.90. The van der Waals surface area contributed by atoms with Crippen molar-refractivity contribution in [2.24, 2.45) is 0 Å². The number of benzene rings is 3. The third-order valence-corrected chi connectivity index (χ3v) is 5.57. The Morgan fingerprint density at radius 2 is 1.69 bits per heavy atom. The summed E-state index contributed by atoms with van der Waals surface area (Å²) in [7, 11) is 1.67. The van der Waals surface area contributed by atoms with Gasteiger partial charge in [-0.3, -0.25) is 4.98 Å². The van der Waals surface area contributed by atoms with E-state index in [9.17, 15) is 4.79 Å². The van der Waals surface area contributed by atoms with Crippen LogP contribution < -0.4 is 15.4 Å². The number of nitrogens with zero attached hydrogens (tertiary/aromatic N) is 2. The first-order chi connectivity index (χ1) is 17.1. The number of rotatable bonds is 8. The topological polar surface area (TPSA) is 96.3 Å². The van der Waals surface area contributed by atoms with Gasteiger partial charge in [-0.25, -0.2) is 4.79 Å². The molecule has 0 bridgehead atoms. The predicted molar refractivity (Wildman–Crippen MR) is 137 cm³/mol. The molecule has 0 aliphatic rings. The minimum atomic E-state index is -0.414. The lowest BCUT2D eigenvalue weighted by atomic mass is 9.98. The Morgan fingerprint density at radius 3 is 2.37 bits per heavy atom. The minimum Gasteiger partial charge on any atom is -0.495 e. The van der Waals surface area contributed by atoms with E-state index in [1.165, 1.54) is 0 Å². The average Bonchev–Trinajstić information content (AvgIpc) is 2.90. The average molecular weight is 467 g/mol. The number of carbonyl (C=O) groups is 1. The molecule has 7 nitrogen and oxygen atoms in total. The maximum Gasteiger partial charge on any atom is 0.407 e. The first kappa shape index (κ1) is 23.6. The zero-order valence-corrected chi connectivity index (χ0v) is 19.7. The number of aromatic nitrogens is 1. The van der Waals surface area contributed by atoms with Crippen LogP contribution in [0.25, 0.3) is 33.2 Å². The van der Waals surface area contributed by atoms with Gasteiger partial charge in [0.15, 0.2) is 0 Å². The van der Waals surface area contributed by atoms with Gasteiger partial charge in [0.2, 0.25) is 0 Å². The molecule has 1 amide bonds. The number of methoxy groups -OCH3 is 1. The summed E-state index contributed by atoms with van der Waals surface area (Å²) >= 11 is 0. The molecule has 35 heavy (non-hydrogen) atoms. The molecule has 0 radical (unpaired) electrons. The third-order valence-electron chi connectivity index (χ3n) is 5.57. The van der Waals surface area contributed by atoms with Crippen LogP contribution in [0.15, 0.2) is 72.9 Å². The summed E-state index contributed by atoms with van der Waals surface area (Å²) in [4.78, 5) is 16.1. The van der Waals surface area contributed by atoms with Gasteiger partial charge in [-0.1, -0.05) is 36.4 Å². The van der Waals surface area contributed by atoms with Gasteiger partial charge < -0.3 is 20.1 Å². The molecule has 176 valence electrons. The van der Waals surface area contributed by atoms with Crippen LogP contribution >= 0.6 is 0 Å². The third kappa shape index (κ3) is 5.33. The van der Waals surface area contributed by atoms with Crippen LogP contribution in [-0.4, -0.2) is 37.9 Å². The number of fused-ring (bicyclic) bond motifs is 1. The molecule has 0 saturated carbocycles. The Kier molecular flexibility index (Phi) is 7.44. The van der Waals surface area contributed by atoms with Crippen LogP contribution in [0, 0.1) is 11.3 Å². The number of hydrogen-bond acceptors (Lipinski definition) is 6. The van der Waals surface area contributed by atoms with Crippen molar-refractivity contribution in [1.82, 2.24) is 10.3 Å². The lowest BCUT2D eigenvalue weighted by Gasteiger charge is -2.14. The molecule has 0 spiro atoms. The van der Waals surface area contributed by atoms with Crippen molar-refractivity contribution in [3.8, 4) is 34.1 Å². The molecular formula is C28H26N4O3. The number of nitriles is 1. The molecule has 0 saturated heterocycles. The highest BCUT2D eigenvalue weighted by atomic mass is 16.5. The second kappa shape index (κ2) is 11.0. The second-order valence-corrected chi connectivity index (χ2v) is 7.75. The fourth-order valence-corrected chi connectivity index (χ4v) is 3.90. The molecule has 0 fully saturated rings. The molecule has 4 rings (SSSR count). The highest BCUT2D eigenvalue weighted by Crippen LogP contribution is 2.39. The lowest BCUT2D eigenvalue weighted by Crippen LogP contribution is -2.29. The van der Waals surface area contributed by atoms with Crippen molar-refractivity contribution in [2.45, 2.75) is 6.92 Å². The van der Waals surface area contributed by atoms with Crippen LogP contribution in [0.1, 0.15) is 12.5 Å². The van der Waals surface area contributed by atoms with Crippen LogP contribution in [0.5, 0.6) is 5.75 Å². The quantitative estimate of drug-likeness (QED) is 0.328. The first-order valence-corrected chi connectivity index (χ1v) is 11.4. The minimum absolute atomic E-state index is 0.352. The maximum absolute atomic E-state index is 11.3. The molecule has 7 heteroatoms. The number of hydrogen-bond donors (Lipinski definition) is 2. The van der Waals surface area contributed by atoms with Crippen molar-refractivity contribution >= 4 is 22.7 Å². The van der Waals surface area contributed by atoms with E-state index in [1.54, 1.807) is 14.0 Å². The summed E-state index contributed by atoms with van der Waals surface area (Å²) in [5, 5.41) is 16.0. The molecule has 0 unspecified atom stereocenters. The molecule has 1 heterocycles. The van der Waals surface area contributed by atoms with E-state index in [4.69, 9.17) is 19.7 Å². The van der Waals surface area contributed by atoms with E-state index in [-0.39, 0.29) is 0 Å². The Labute approximate surface area is 204 Å². The normalized spacial score (nSPS) is 10.4. The van der Waals surface area contributed by atoms with Gasteiger partial charge in [0, 0.05) is 41.5 Å². The SMILES string of the molecule is CCOC(=O)NCCNc1ccc(-c2cnc3c(-c4ccc(C#N)cc4)cccc3c2OC)cc1. The fraction of sp³-hybridized carbons (Fsp3) is 0.179. The van der Waals surface area contributed by atoms with Gasteiger partial charge in [-0.05, 0) is 48.4 Å². The first-order valence-electron chi connectivity index (χ1n) is 11.4. The number of ether oxygens (including phenoxy) is 2. The monoisotopic (exact) mass is 466 g/mol. The second-order valence-electron chi connectivity index (χ2n) is 7.75. The Bertz CT molecular complexity index is 1360. The van der Waals surface area contributed by atoms with Gasteiger partial charge in [0.25, 0.3) is 0 Å². The maximum atomic E-state index is 11.3. The molecule has 0 aliphatic heterocycles. The number of para-hydroxylation sites is 1. The summed E-state index contributed by atoms with van der Waals surface area (Å²) in [5.41, 5.74) is 6.25. The highest BCUT2D eigenvalue weighted by Gasteiger charge is 2.14. The van der Waals surface area contributed by atoms with E-state index in [1.807, 2.05) is 72.9 Å². The van der Waals surface area contributed by atoms with Gasteiger partial charge >= 0.3 is 6.09 Å². The summed E-state index contributed by atoms with van der Waals surface area (Å²) in [6.45, 7) is 3.17. The highest BCUT2D eigenvalue weighted by molar-refractivity contribution is 6.00. The van der Waals surface area contributed by atoms with Crippen molar-refractivity contribution < 1.29 is 14.3 Å². The summed E-state index contributed by atoms with van der Waals surface area (Å²) in [6.07, 6.45) is 1.42. The van der Waals surface area contributed by atoms with Gasteiger partial charge in [-0.2, -0.15) is 5.26 Å². The van der Waals surface area contributed by atoms with E-state index < -0.39 is 6.09 Å². The van der Waals surface area contributed by atoms with E-state index >= 15 is 0 Å². The molecular weight excluding hydrogens is 440 g/mol. The smallest absolute Gasteiger partial charge is 0.407 e. The van der Waals surface area contributed by atoms with Gasteiger partial charge in [-0.15, -0.1) is 0 Å². The Balaban J connectivity index is 1.57. The largest absolute Gasteiger partial charge is 0.495 e. The molecule has 0 atom stereocenters. The standard InChI is InChI=1S/C28H26N4O3/c1-3-35-28(33)31-16-15-30-22-13-11-21(12-14-22)25-18-32-26-23(5-4-6-24(26)27(25)34-2)20-9-7-19(17-29)8-10-20/h4-14,18,30H,3,15-16H2,1-2H3,(H,31,33). The van der Waals surface area contributed by atoms with Crippen LogP contribution in [-0.2, 0) is 4.74 Å². The number of alkyl carbamates (subject to hydrolysis) is 1. The number of carbonyl (C=O) groups excluding carboxylic acids is 1. The molecule has 3 aromatic carbocycles. The van der Waals surface area contributed by atoms with Crippen LogP contribution in [0.3, 0.4) is 0 Å². The van der Waals surface area contributed by atoms with E-state index in [0.29, 0.717) is 25.3 Å². The zero-order valence-electron chi connectivity index (χ0n) is 19.7. The van der Waals surface area contributed by atoms with Crippen LogP contribution in [0.2, 0.25) is 0 Å². The van der Waals surface area contributed by atoms with E-state index in [0.717, 1.165) is 44.6 Å². The molecule has 1 aromatic heterocycles. The number of amides is 1. The summed E-state index contributed by atoms with van der Waals surface area (Å²) in [6, 6.07) is 23.6. The van der Waals surface area contributed by atoms with Crippen molar-refractivity contribution in [1.29, 1.82) is 5.26 Å². The van der Waals surface area contributed by atoms with Gasteiger partial charge in [0.1, 0.15) is 5.75 Å². The van der Waals surface area contributed by atoms with Crippen molar-refractivity contribution in [3.05, 3.63) is 78.5 Å². The molecule has 4 aromatic rings. The van der Waals surface area contributed by atoms with Crippen LogP contribution in [0.4, 0.5) is 10.5 Å².